The predicted molar refractivity (Wildman–Crippen MR) is 297 cm³/mol. The first-order chi connectivity index (χ1) is 36.5. The van der Waals surface area contributed by atoms with Crippen LogP contribution in [0.5, 0.6) is 5.75 Å². The van der Waals surface area contributed by atoms with Crippen LogP contribution in [-0.2, 0) is 46.4 Å². The lowest BCUT2D eigenvalue weighted by atomic mass is 9.52. The van der Waals surface area contributed by atoms with Gasteiger partial charge in [-0.15, -0.1) is 0 Å². The number of rotatable bonds is 6. The molecule has 1 spiro atoms. The predicted octanol–water partition coefficient (Wildman–Crippen LogP) is 7.73. The van der Waals surface area contributed by atoms with Crippen LogP contribution in [0, 0.1) is 35.0 Å². The number of aromatic hydroxyl groups is 1. The summed E-state index contributed by atoms with van der Waals surface area (Å²) in [6, 6.07) is 17.8. The number of hydrogen-bond acceptors (Lipinski definition) is 11. The van der Waals surface area contributed by atoms with E-state index in [-0.39, 0.29) is 62.1 Å². The highest BCUT2D eigenvalue weighted by Crippen LogP contribution is 2.63. The first-order valence-corrected chi connectivity index (χ1v) is 27.6. The van der Waals surface area contributed by atoms with Crippen molar-refractivity contribution in [3.63, 3.8) is 0 Å². The molecule has 1 amide bonds. The number of Topliss-reactive ketones (excluding diaryl/α,β-unsaturated/α-hetero) is 1. The zero-order valence-electron chi connectivity index (χ0n) is 44.8. The second-order valence-electron chi connectivity index (χ2n) is 22.6. The first kappa shape index (κ1) is 56.7. The Hall–Kier alpha value is -5.46. The van der Waals surface area contributed by atoms with Crippen molar-refractivity contribution >= 4 is 11.7 Å². The maximum Gasteiger partial charge on any atom is 0.243 e. The largest absolute Gasteiger partial charge is 0.508 e. The Balaban J connectivity index is 1.21. The van der Waals surface area contributed by atoms with Gasteiger partial charge in [-0.05, 0) is 178 Å². The summed E-state index contributed by atoms with van der Waals surface area (Å²) in [5.74, 6) is 4.74. The standard InChI is InChI=1S/C64H81N3O9/c1-40-11-5-6-30-76-39-48(17-8-14-41(2)13-7-12-40)53-26-28-64(60(53)73)55-24-23-51(70)36-46-32-44(15-10-29-68)31-45(33-46)35-49(34-43-19-21-50(69)22-20-43)57(72)38-66-59-58-47(16-9-18-54(58)61(65)67-62(59)74)37-56(71)42(3)52(55)25-27-63(64,4)75/h8-9,12,14,16-22,31-33,49,51,53,55,57,59-61,66,68-70,72-73,75H,2,7,10-11,13,15,23-30,34-39,65H2,1,3-4H3,(H,67,74). The molecule has 3 heterocycles. The number of nitrogens with two attached hydrogens (primary N) is 1. The van der Waals surface area contributed by atoms with Gasteiger partial charge in [0.1, 0.15) is 24.6 Å². The zero-order chi connectivity index (χ0) is 54.1. The third-order valence-corrected chi connectivity index (χ3v) is 17.4. The van der Waals surface area contributed by atoms with Gasteiger partial charge < -0.3 is 46.4 Å². The van der Waals surface area contributed by atoms with Gasteiger partial charge in [-0.25, -0.2) is 0 Å². The number of hydrogen-bond donors (Lipinski definition) is 9. The van der Waals surface area contributed by atoms with Gasteiger partial charge in [0.2, 0.25) is 5.91 Å². The molecule has 10 N–H and O–H groups in total. The number of aliphatic hydroxyl groups is 5. The second-order valence-corrected chi connectivity index (χ2v) is 22.6. The van der Waals surface area contributed by atoms with Gasteiger partial charge in [0.05, 0.1) is 30.5 Å². The summed E-state index contributed by atoms with van der Waals surface area (Å²) in [5.41, 5.74) is 14.3. The normalized spacial score (nSPS) is 30.4. The third kappa shape index (κ3) is 13.1. The third-order valence-electron chi connectivity index (χ3n) is 17.4. The maximum atomic E-state index is 15.1. The van der Waals surface area contributed by atoms with Crippen LogP contribution in [0.25, 0.3) is 0 Å². The number of β-amino-alcohol motifs (C(OH)–C–C–N with tert-alkyl or cyclic N) is 1. The second kappa shape index (κ2) is 25.3. The number of phenolic OH excluding ortho intramolecular Hbond substituents is 1. The highest BCUT2D eigenvalue weighted by Gasteiger charge is 2.64. The van der Waals surface area contributed by atoms with Crippen molar-refractivity contribution in [3.05, 3.63) is 158 Å². The lowest BCUT2D eigenvalue weighted by Gasteiger charge is -2.56. The fourth-order valence-electron chi connectivity index (χ4n) is 13.2. The number of aryl methyl sites for hydroxylation is 1. The minimum Gasteiger partial charge on any atom is -0.508 e. The van der Waals surface area contributed by atoms with Crippen molar-refractivity contribution in [1.82, 2.24) is 10.6 Å². The number of ether oxygens (including phenoxy) is 1. The van der Waals surface area contributed by atoms with Crippen LogP contribution in [0.15, 0.2) is 119 Å². The fraction of sp³-hybridized carbons (Fsp3) is 0.500. The van der Waals surface area contributed by atoms with Crippen LogP contribution >= 0.6 is 0 Å². The Kier molecular flexibility index (Phi) is 18.9. The number of aliphatic hydroxyl groups excluding tert-OH is 4. The summed E-state index contributed by atoms with van der Waals surface area (Å²) < 4.78 is 6.20. The van der Waals surface area contributed by atoms with Crippen LogP contribution in [0.3, 0.4) is 0 Å². The summed E-state index contributed by atoms with van der Waals surface area (Å²) in [5, 5.41) is 76.7. The maximum absolute atomic E-state index is 15.1. The Morgan fingerprint density at radius 3 is 2.49 bits per heavy atom. The van der Waals surface area contributed by atoms with Gasteiger partial charge in [-0.1, -0.05) is 108 Å². The van der Waals surface area contributed by atoms with E-state index < -0.39 is 47.5 Å². The summed E-state index contributed by atoms with van der Waals surface area (Å²) >= 11 is 0. The van der Waals surface area contributed by atoms with Crippen molar-refractivity contribution in [2.75, 3.05) is 26.4 Å². The molecule has 10 atom stereocenters. The zero-order valence-corrected chi connectivity index (χ0v) is 44.8. The number of phenols is 1. The molecule has 5 aliphatic rings. The van der Waals surface area contributed by atoms with Crippen molar-refractivity contribution in [1.29, 1.82) is 0 Å². The Morgan fingerprint density at radius 2 is 1.71 bits per heavy atom. The molecule has 76 heavy (non-hydrogen) atoms. The number of benzene rings is 3. The Morgan fingerprint density at radius 1 is 0.934 bits per heavy atom. The molecule has 10 unspecified atom stereocenters. The lowest BCUT2D eigenvalue weighted by molar-refractivity contribution is -0.168. The average Bonchev–Trinajstić information content (AvgIpc) is 3.81. The molecule has 2 bridgehead atoms. The van der Waals surface area contributed by atoms with Gasteiger partial charge >= 0.3 is 0 Å². The molecule has 3 aliphatic heterocycles. The summed E-state index contributed by atoms with van der Waals surface area (Å²) in [7, 11) is 0. The molecular formula is C64H81N3O9. The number of carbonyl (C=O) groups excluding carboxylic acids is 2. The van der Waals surface area contributed by atoms with Crippen LogP contribution in [0.2, 0.25) is 0 Å². The lowest BCUT2D eigenvalue weighted by Crippen LogP contribution is -2.59. The molecule has 8 rings (SSSR count). The van der Waals surface area contributed by atoms with Crippen molar-refractivity contribution in [3.8, 4) is 17.6 Å². The number of ketones is 1. The Labute approximate surface area is 449 Å². The number of amides is 1. The summed E-state index contributed by atoms with van der Waals surface area (Å²) in [4.78, 5) is 29.2. The van der Waals surface area contributed by atoms with Crippen molar-refractivity contribution in [2.24, 2.45) is 28.9 Å². The van der Waals surface area contributed by atoms with Crippen LogP contribution < -0.4 is 16.4 Å². The minimum absolute atomic E-state index is 0.0149. The summed E-state index contributed by atoms with van der Waals surface area (Å²) in [6.07, 6.45) is 11.7. The van der Waals surface area contributed by atoms with E-state index >= 15 is 4.79 Å². The number of carbonyl (C=O) groups is 2. The van der Waals surface area contributed by atoms with E-state index in [1.165, 1.54) is 5.57 Å². The van der Waals surface area contributed by atoms with E-state index in [1.54, 1.807) is 12.1 Å². The van der Waals surface area contributed by atoms with E-state index in [9.17, 15) is 35.4 Å². The average molecular weight is 1040 g/mol. The van der Waals surface area contributed by atoms with Crippen LogP contribution in [-0.4, -0.2) is 92.6 Å². The van der Waals surface area contributed by atoms with E-state index in [0.29, 0.717) is 99.3 Å². The van der Waals surface area contributed by atoms with Crippen molar-refractivity contribution < 1.29 is 45.0 Å². The van der Waals surface area contributed by atoms with Crippen LogP contribution in [0.4, 0.5) is 0 Å². The molecule has 0 radical (unpaired) electrons. The van der Waals surface area contributed by atoms with E-state index in [4.69, 9.17) is 10.5 Å². The monoisotopic (exact) mass is 1040 g/mol. The first-order valence-electron chi connectivity index (χ1n) is 27.6. The number of allylic oxidation sites excluding steroid dienone is 8. The topological polar surface area (TPSA) is 215 Å². The molecule has 0 aromatic heterocycles. The smallest absolute Gasteiger partial charge is 0.243 e. The van der Waals surface area contributed by atoms with E-state index in [0.717, 1.165) is 51.8 Å². The van der Waals surface area contributed by atoms with Gasteiger partial charge in [-0.2, -0.15) is 0 Å². The highest BCUT2D eigenvalue weighted by atomic mass is 16.5. The van der Waals surface area contributed by atoms with Gasteiger partial charge in [0.25, 0.3) is 0 Å². The van der Waals surface area contributed by atoms with Gasteiger partial charge in [0.15, 0.2) is 5.78 Å². The number of nitrogens with one attached hydrogen (secondary N) is 2. The molecule has 0 saturated heterocycles. The molecule has 12 heteroatoms. The molecular weight excluding hydrogens is 955 g/mol. The molecule has 2 aliphatic carbocycles. The molecule has 2 saturated carbocycles. The minimum atomic E-state index is -1.35. The van der Waals surface area contributed by atoms with Crippen LogP contribution in [0.1, 0.15) is 136 Å². The molecule has 406 valence electrons. The molecule has 3 aromatic rings. The fourth-order valence-corrected chi connectivity index (χ4v) is 13.2. The number of fused-ring (bicyclic) bond motifs is 4. The van der Waals surface area contributed by atoms with Gasteiger partial charge in [-0.3, -0.25) is 14.9 Å². The molecule has 3 aromatic carbocycles. The molecule has 2 fully saturated rings. The summed E-state index contributed by atoms with van der Waals surface area (Å²) in [6.45, 7) is 10.6. The van der Waals surface area contributed by atoms with Crippen molar-refractivity contribution in [2.45, 2.75) is 153 Å². The highest BCUT2D eigenvalue weighted by molar-refractivity contribution is 5.98. The molecule has 12 nitrogen and oxygen atoms in total. The van der Waals surface area contributed by atoms with Gasteiger partial charge in [0, 0.05) is 37.3 Å². The SMILES string of the molecule is C=C1C=CC=C(C2CCC3(C4CCC(O)Cc5cc(CCCO)cc(c5)CC(Cc5ccc(O)cc5)C(O)CNC5C(=O)NC(N)c6cccc(c65)CC(=O)C(C)=C4CCC3(C)O)C2O)COCC#CCC(C)=CCC1. The Bertz CT molecular complexity index is 2780. The van der Waals surface area contributed by atoms with E-state index in [1.807, 2.05) is 62.4 Å². The quantitative estimate of drug-likeness (QED) is 0.0861. The van der Waals surface area contributed by atoms with E-state index in [2.05, 4.69) is 60.3 Å².